The van der Waals surface area contributed by atoms with E-state index in [0.29, 0.717) is 0 Å². The molecular formula is C36H42P2+2. The summed E-state index contributed by atoms with van der Waals surface area (Å²) in [5.41, 5.74) is 2.80. The van der Waals surface area contributed by atoms with Crippen molar-refractivity contribution in [2.75, 3.05) is 24.6 Å². The Morgan fingerprint density at radius 2 is 0.658 bits per heavy atom. The van der Waals surface area contributed by atoms with Gasteiger partial charge in [-0.1, -0.05) is 83.9 Å². The average molecular weight is 537 g/mol. The molecule has 0 unspecified atom stereocenters. The first-order valence-corrected chi connectivity index (χ1v) is 18.0. The lowest BCUT2D eigenvalue weighted by atomic mass is 10.3. The molecule has 0 atom stereocenters. The van der Waals surface area contributed by atoms with Gasteiger partial charge in [-0.05, 0) is 88.4 Å². The molecule has 0 aromatic heterocycles. The van der Waals surface area contributed by atoms with E-state index in [0.717, 1.165) is 12.3 Å². The Bertz CT molecular complexity index is 1130. The van der Waals surface area contributed by atoms with E-state index < -0.39 is 14.5 Å². The highest BCUT2D eigenvalue weighted by molar-refractivity contribution is 7.93. The molecule has 0 heterocycles. The molecule has 194 valence electrons. The number of rotatable bonds is 11. The Labute approximate surface area is 232 Å². The van der Waals surface area contributed by atoms with E-state index in [2.05, 4.69) is 161 Å². The molecule has 0 fully saturated rings. The molecule has 4 rings (SSSR count). The fourth-order valence-electron chi connectivity index (χ4n) is 5.29. The molecule has 0 aliphatic rings. The second-order valence-electron chi connectivity index (χ2n) is 10.7. The van der Waals surface area contributed by atoms with Crippen molar-refractivity contribution < 1.29 is 0 Å². The molecule has 0 spiro atoms. The summed E-state index contributed by atoms with van der Waals surface area (Å²) < 4.78 is 0. The first-order chi connectivity index (χ1) is 18.5. The Morgan fingerprint density at radius 1 is 0.421 bits per heavy atom. The van der Waals surface area contributed by atoms with Crippen LogP contribution in [0.1, 0.15) is 27.7 Å². The lowest BCUT2D eigenvalue weighted by molar-refractivity contribution is 1.34. The lowest BCUT2D eigenvalue weighted by Gasteiger charge is -2.32. The van der Waals surface area contributed by atoms with Gasteiger partial charge in [0.1, 0.15) is 12.3 Å². The molecule has 0 saturated heterocycles. The number of benzene rings is 4. The maximum atomic E-state index is 2.50. The molecule has 0 radical (unpaired) electrons. The molecule has 0 bridgehead atoms. The van der Waals surface area contributed by atoms with E-state index in [1.165, 1.54) is 44.7 Å². The zero-order valence-corrected chi connectivity index (χ0v) is 25.2. The van der Waals surface area contributed by atoms with Gasteiger partial charge in [-0.3, -0.25) is 0 Å². The van der Waals surface area contributed by atoms with Crippen LogP contribution < -0.4 is 21.2 Å². The second-order valence-corrected chi connectivity index (χ2v) is 18.2. The van der Waals surface area contributed by atoms with Crippen LogP contribution in [0.3, 0.4) is 0 Å². The number of allylic oxidation sites excluding steroid dienone is 4. The van der Waals surface area contributed by atoms with E-state index in [9.17, 15) is 0 Å². The summed E-state index contributed by atoms with van der Waals surface area (Å²) in [6.45, 7) is 8.96. The van der Waals surface area contributed by atoms with Crippen LogP contribution in [-0.2, 0) is 0 Å². The van der Waals surface area contributed by atoms with Crippen LogP contribution in [0, 0.1) is 0 Å². The van der Waals surface area contributed by atoms with E-state index in [4.69, 9.17) is 0 Å². The summed E-state index contributed by atoms with van der Waals surface area (Å²) in [4.78, 5) is 0. The summed E-state index contributed by atoms with van der Waals surface area (Å²) in [5.74, 6) is 0. The monoisotopic (exact) mass is 536 g/mol. The van der Waals surface area contributed by atoms with Crippen molar-refractivity contribution in [2.24, 2.45) is 0 Å². The van der Waals surface area contributed by atoms with Crippen molar-refractivity contribution in [3.63, 3.8) is 0 Å². The molecule has 0 amide bonds. The Morgan fingerprint density at radius 3 is 0.868 bits per heavy atom. The molecule has 0 N–H and O–H groups in total. The standard InChI is InChI=1S/C36H42P2/c1-31(2)25-27-37(33-17-9-5-10-18-33,34-19-11-6-12-20-34)29-30-38(28-26-32(3)4,35-21-13-7-14-22-35)36-23-15-8-16-24-36/h5-26H,27-30H2,1-4H3/q+2. The maximum absolute atomic E-state index is 2.50. The van der Waals surface area contributed by atoms with Gasteiger partial charge in [-0.2, -0.15) is 0 Å². The minimum Gasteiger partial charge on any atom is -0.0768 e. The number of hydrogen-bond donors (Lipinski definition) is 0. The van der Waals surface area contributed by atoms with Gasteiger partial charge >= 0.3 is 0 Å². The van der Waals surface area contributed by atoms with Crippen LogP contribution in [0.15, 0.2) is 145 Å². The normalized spacial score (nSPS) is 11.6. The molecule has 38 heavy (non-hydrogen) atoms. The van der Waals surface area contributed by atoms with Crippen LogP contribution in [0.4, 0.5) is 0 Å². The Hall–Kier alpha value is -2.78. The van der Waals surface area contributed by atoms with Crippen molar-refractivity contribution in [2.45, 2.75) is 27.7 Å². The summed E-state index contributed by atoms with van der Waals surface area (Å²) >= 11 is 0. The highest BCUT2D eigenvalue weighted by Gasteiger charge is 2.49. The SMILES string of the molecule is CC(C)=CC[P+](CC[P+](CC=C(C)C)(c1ccccc1)c1ccccc1)(c1ccccc1)c1ccccc1. The average Bonchev–Trinajstić information content (AvgIpc) is 2.96. The third kappa shape index (κ3) is 6.61. The molecule has 2 heteroatoms. The predicted molar refractivity (Wildman–Crippen MR) is 176 cm³/mol. The molecule has 0 aliphatic heterocycles. The third-order valence-corrected chi connectivity index (χ3v) is 16.6. The summed E-state index contributed by atoms with van der Waals surface area (Å²) in [7, 11) is -3.42. The largest absolute Gasteiger partial charge is 0.103 e. The highest BCUT2D eigenvalue weighted by Crippen LogP contribution is 2.64. The first-order valence-electron chi connectivity index (χ1n) is 13.7. The predicted octanol–water partition coefficient (Wildman–Crippen LogP) is 8.26. The van der Waals surface area contributed by atoms with Crippen LogP contribution >= 0.6 is 14.5 Å². The van der Waals surface area contributed by atoms with Gasteiger partial charge in [-0.25, -0.2) is 0 Å². The molecule has 0 aliphatic carbocycles. The van der Waals surface area contributed by atoms with Gasteiger partial charge in [0.05, 0.1) is 48.1 Å². The van der Waals surface area contributed by atoms with Gasteiger partial charge in [0.15, 0.2) is 0 Å². The summed E-state index contributed by atoms with van der Waals surface area (Å²) in [6.07, 6.45) is 9.59. The first kappa shape index (κ1) is 28.2. The van der Waals surface area contributed by atoms with E-state index >= 15 is 0 Å². The summed E-state index contributed by atoms with van der Waals surface area (Å²) in [5, 5.41) is 6.07. The smallest absolute Gasteiger partial charge is 0.0768 e. The third-order valence-electron chi connectivity index (χ3n) is 7.49. The lowest BCUT2D eigenvalue weighted by Crippen LogP contribution is -2.33. The maximum Gasteiger partial charge on any atom is 0.103 e. The van der Waals surface area contributed by atoms with Gasteiger partial charge in [0.2, 0.25) is 0 Å². The molecule has 0 nitrogen and oxygen atoms in total. The van der Waals surface area contributed by atoms with Gasteiger partial charge in [-0.15, -0.1) is 0 Å². The van der Waals surface area contributed by atoms with Crippen molar-refractivity contribution in [1.82, 2.24) is 0 Å². The quantitative estimate of drug-likeness (QED) is 0.134. The minimum absolute atomic E-state index is 1.11. The zero-order chi connectivity index (χ0) is 26.8. The fourth-order valence-corrected chi connectivity index (χ4v) is 15.2. The van der Waals surface area contributed by atoms with E-state index in [1.54, 1.807) is 0 Å². The molecular weight excluding hydrogens is 494 g/mol. The molecule has 4 aromatic rings. The van der Waals surface area contributed by atoms with Crippen LogP contribution in [0.25, 0.3) is 0 Å². The Kier molecular flexibility index (Phi) is 9.91. The van der Waals surface area contributed by atoms with Crippen molar-refractivity contribution >= 4 is 35.7 Å². The fraction of sp³-hybridized carbons (Fsp3) is 0.222. The van der Waals surface area contributed by atoms with E-state index in [1.807, 2.05) is 0 Å². The molecule has 0 saturated carbocycles. The van der Waals surface area contributed by atoms with Crippen LogP contribution in [0.5, 0.6) is 0 Å². The second kappa shape index (κ2) is 13.3. The van der Waals surface area contributed by atoms with Crippen molar-refractivity contribution in [1.29, 1.82) is 0 Å². The topological polar surface area (TPSA) is 0 Å². The highest BCUT2D eigenvalue weighted by atomic mass is 31.2. The summed E-state index contributed by atoms with van der Waals surface area (Å²) in [6, 6.07) is 45.6. The van der Waals surface area contributed by atoms with Gasteiger partial charge < -0.3 is 0 Å². The number of hydrogen-bond acceptors (Lipinski definition) is 0. The van der Waals surface area contributed by atoms with Crippen LogP contribution in [0.2, 0.25) is 0 Å². The van der Waals surface area contributed by atoms with Gasteiger partial charge in [0.25, 0.3) is 0 Å². The van der Waals surface area contributed by atoms with Gasteiger partial charge in [0, 0.05) is 0 Å². The zero-order valence-electron chi connectivity index (χ0n) is 23.4. The van der Waals surface area contributed by atoms with Crippen molar-refractivity contribution in [3.8, 4) is 0 Å². The van der Waals surface area contributed by atoms with E-state index in [-0.39, 0.29) is 0 Å². The van der Waals surface area contributed by atoms with Crippen molar-refractivity contribution in [3.05, 3.63) is 145 Å². The molecule has 4 aromatic carbocycles. The Balaban J connectivity index is 1.92. The minimum atomic E-state index is -1.71. The van der Waals surface area contributed by atoms with Crippen LogP contribution in [-0.4, -0.2) is 24.6 Å².